The van der Waals surface area contributed by atoms with Gasteiger partial charge in [0.05, 0.1) is 12.7 Å². The lowest BCUT2D eigenvalue weighted by Gasteiger charge is -2.09. The van der Waals surface area contributed by atoms with E-state index >= 15 is 0 Å². The van der Waals surface area contributed by atoms with Crippen LogP contribution in [0.15, 0.2) is 18.2 Å². The summed E-state index contributed by atoms with van der Waals surface area (Å²) in [5.41, 5.74) is 12.1. The number of nitrogen functional groups attached to an aromatic ring is 1. The normalized spacial score (nSPS) is 9.83. The summed E-state index contributed by atoms with van der Waals surface area (Å²) < 4.78 is 4.62. The second-order valence-corrected chi connectivity index (χ2v) is 3.79. The van der Waals surface area contributed by atoms with Crippen molar-refractivity contribution in [3.8, 4) is 0 Å². The zero-order valence-electron chi connectivity index (χ0n) is 10.2. The number of anilines is 2. The predicted molar refractivity (Wildman–Crippen MR) is 69.1 cm³/mol. The molecule has 1 aromatic rings. The highest BCUT2D eigenvalue weighted by molar-refractivity contribution is 5.96. The Balaban J connectivity index is 2.62. The van der Waals surface area contributed by atoms with Crippen molar-refractivity contribution in [2.45, 2.75) is 12.8 Å². The highest BCUT2D eigenvalue weighted by atomic mass is 16.5. The lowest BCUT2D eigenvalue weighted by Crippen LogP contribution is -2.13. The van der Waals surface area contributed by atoms with Crippen molar-refractivity contribution in [2.24, 2.45) is 5.73 Å². The molecule has 0 spiro atoms. The Morgan fingerprint density at radius 2 is 2.11 bits per heavy atom. The van der Waals surface area contributed by atoms with Crippen molar-refractivity contribution in [3.05, 3.63) is 23.8 Å². The quantitative estimate of drug-likeness (QED) is 0.392. The number of hydrogen-bond acceptors (Lipinski definition) is 5. The minimum Gasteiger partial charge on any atom is -0.465 e. The van der Waals surface area contributed by atoms with Gasteiger partial charge in [0, 0.05) is 24.3 Å². The van der Waals surface area contributed by atoms with E-state index in [0.717, 1.165) is 5.69 Å². The molecule has 0 atom stereocenters. The van der Waals surface area contributed by atoms with Crippen LogP contribution in [0.5, 0.6) is 0 Å². The standard InChI is InChI=1S/C12H17N3O3/c1-18-12(17)9-7-8(4-5-10(9)13)15-6-2-3-11(14)16/h4-5,7,15H,2-3,6,13H2,1H3,(H2,14,16). The summed E-state index contributed by atoms with van der Waals surface area (Å²) in [6, 6.07) is 5.00. The fourth-order valence-corrected chi connectivity index (χ4v) is 1.45. The minimum atomic E-state index is -0.478. The molecule has 5 N–H and O–H groups in total. The number of carbonyl (C=O) groups is 2. The topological polar surface area (TPSA) is 107 Å². The third kappa shape index (κ3) is 3.97. The van der Waals surface area contributed by atoms with Crippen LogP contribution in [0.1, 0.15) is 23.2 Å². The van der Waals surface area contributed by atoms with Crippen LogP contribution >= 0.6 is 0 Å². The van der Waals surface area contributed by atoms with Crippen LogP contribution < -0.4 is 16.8 Å². The van der Waals surface area contributed by atoms with Gasteiger partial charge in [0.25, 0.3) is 0 Å². The lowest BCUT2D eigenvalue weighted by atomic mass is 10.1. The van der Waals surface area contributed by atoms with Gasteiger partial charge in [-0.2, -0.15) is 0 Å². The van der Waals surface area contributed by atoms with E-state index in [2.05, 4.69) is 10.1 Å². The largest absolute Gasteiger partial charge is 0.465 e. The summed E-state index contributed by atoms with van der Waals surface area (Å²) in [6.45, 7) is 0.591. The van der Waals surface area contributed by atoms with Gasteiger partial charge in [0.15, 0.2) is 0 Å². The van der Waals surface area contributed by atoms with Crippen LogP contribution in [0, 0.1) is 0 Å². The molecule has 0 unspecified atom stereocenters. The van der Waals surface area contributed by atoms with Crippen molar-refractivity contribution >= 4 is 23.3 Å². The third-order valence-electron chi connectivity index (χ3n) is 2.39. The number of esters is 1. The molecule has 0 fully saturated rings. The average molecular weight is 251 g/mol. The predicted octanol–water partition coefficient (Wildman–Crippen LogP) is 0.733. The Bertz CT molecular complexity index is 446. The first-order chi connectivity index (χ1) is 8.54. The molecule has 6 nitrogen and oxygen atoms in total. The maximum Gasteiger partial charge on any atom is 0.340 e. The molecule has 0 aliphatic heterocycles. The highest BCUT2D eigenvalue weighted by Gasteiger charge is 2.10. The molecule has 0 heterocycles. The van der Waals surface area contributed by atoms with Crippen molar-refractivity contribution in [1.29, 1.82) is 0 Å². The number of methoxy groups -OCH3 is 1. The van der Waals surface area contributed by atoms with Crippen molar-refractivity contribution in [2.75, 3.05) is 24.7 Å². The number of nitrogens with two attached hydrogens (primary N) is 2. The van der Waals surface area contributed by atoms with E-state index in [-0.39, 0.29) is 5.91 Å². The van der Waals surface area contributed by atoms with Crippen molar-refractivity contribution in [1.82, 2.24) is 0 Å². The van der Waals surface area contributed by atoms with E-state index in [4.69, 9.17) is 11.5 Å². The number of rotatable bonds is 6. The molecule has 0 saturated heterocycles. The first kappa shape index (κ1) is 13.8. The SMILES string of the molecule is COC(=O)c1cc(NCCCC(N)=O)ccc1N. The van der Waals surface area contributed by atoms with Gasteiger partial charge < -0.3 is 21.5 Å². The molecule has 0 aliphatic rings. The Morgan fingerprint density at radius 3 is 2.72 bits per heavy atom. The summed E-state index contributed by atoms with van der Waals surface area (Å²) >= 11 is 0. The second-order valence-electron chi connectivity index (χ2n) is 3.79. The van der Waals surface area contributed by atoms with Gasteiger partial charge in [-0.1, -0.05) is 0 Å². The summed E-state index contributed by atoms with van der Waals surface area (Å²) in [5, 5.41) is 3.08. The number of carbonyl (C=O) groups excluding carboxylic acids is 2. The van der Waals surface area contributed by atoms with E-state index in [1.165, 1.54) is 7.11 Å². The molecular formula is C12H17N3O3. The molecule has 1 amide bonds. The van der Waals surface area contributed by atoms with Crippen LogP contribution in [0.3, 0.4) is 0 Å². The third-order valence-corrected chi connectivity index (χ3v) is 2.39. The molecule has 6 heteroatoms. The molecule has 0 aromatic heterocycles. The fraction of sp³-hybridized carbons (Fsp3) is 0.333. The van der Waals surface area contributed by atoms with Gasteiger partial charge in [-0.25, -0.2) is 4.79 Å². The monoisotopic (exact) mass is 251 g/mol. The van der Waals surface area contributed by atoms with E-state index < -0.39 is 5.97 Å². The Hall–Kier alpha value is -2.24. The molecule has 98 valence electrons. The van der Waals surface area contributed by atoms with E-state index in [1.54, 1.807) is 18.2 Å². The smallest absolute Gasteiger partial charge is 0.340 e. The van der Waals surface area contributed by atoms with Gasteiger partial charge >= 0.3 is 5.97 Å². The molecule has 0 saturated carbocycles. The van der Waals surface area contributed by atoms with Crippen LogP contribution in [-0.4, -0.2) is 25.5 Å². The zero-order valence-corrected chi connectivity index (χ0v) is 10.2. The lowest BCUT2D eigenvalue weighted by molar-refractivity contribution is -0.118. The van der Waals surface area contributed by atoms with Crippen LogP contribution in [0.2, 0.25) is 0 Å². The number of hydrogen-bond donors (Lipinski definition) is 3. The summed E-state index contributed by atoms with van der Waals surface area (Å²) in [6.07, 6.45) is 0.957. The minimum absolute atomic E-state index is 0.317. The van der Waals surface area contributed by atoms with Crippen LogP contribution in [-0.2, 0) is 9.53 Å². The average Bonchev–Trinajstić information content (AvgIpc) is 2.35. The molecule has 18 heavy (non-hydrogen) atoms. The number of ether oxygens (including phenoxy) is 1. The van der Waals surface area contributed by atoms with E-state index in [1.807, 2.05) is 0 Å². The number of primary amides is 1. The van der Waals surface area contributed by atoms with Crippen molar-refractivity contribution in [3.63, 3.8) is 0 Å². The molecule has 0 radical (unpaired) electrons. The van der Waals surface area contributed by atoms with Gasteiger partial charge in [-0.15, -0.1) is 0 Å². The first-order valence-corrected chi connectivity index (χ1v) is 5.54. The van der Waals surface area contributed by atoms with Gasteiger partial charge in [0.2, 0.25) is 5.91 Å². The fourth-order valence-electron chi connectivity index (χ4n) is 1.45. The van der Waals surface area contributed by atoms with Gasteiger partial charge in [-0.3, -0.25) is 4.79 Å². The maximum absolute atomic E-state index is 11.4. The highest BCUT2D eigenvalue weighted by Crippen LogP contribution is 2.18. The summed E-state index contributed by atoms with van der Waals surface area (Å²) in [5.74, 6) is -0.808. The molecule has 0 bridgehead atoms. The Kier molecular flexibility index (Phi) is 4.98. The van der Waals surface area contributed by atoms with E-state index in [9.17, 15) is 9.59 Å². The number of nitrogens with one attached hydrogen (secondary N) is 1. The van der Waals surface area contributed by atoms with Gasteiger partial charge in [0.1, 0.15) is 0 Å². The molecule has 1 aromatic carbocycles. The molecule has 1 rings (SSSR count). The van der Waals surface area contributed by atoms with Crippen LogP contribution in [0.4, 0.5) is 11.4 Å². The Labute approximate surface area is 105 Å². The summed E-state index contributed by atoms with van der Waals surface area (Å²) in [4.78, 5) is 22.0. The first-order valence-electron chi connectivity index (χ1n) is 5.54. The van der Waals surface area contributed by atoms with Gasteiger partial charge in [-0.05, 0) is 24.6 Å². The maximum atomic E-state index is 11.4. The Morgan fingerprint density at radius 1 is 1.39 bits per heavy atom. The molecular weight excluding hydrogens is 234 g/mol. The van der Waals surface area contributed by atoms with Crippen molar-refractivity contribution < 1.29 is 14.3 Å². The number of benzene rings is 1. The van der Waals surface area contributed by atoms with Crippen LogP contribution in [0.25, 0.3) is 0 Å². The zero-order chi connectivity index (χ0) is 13.5. The molecule has 0 aliphatic carbocycles. The second kappa shape index (κ2) is 6.48. The van der Waals surface area contributed by atoms with E-state index in [0.29, 0.717) is 30.6 Å². The number of amides is 1. The summed E-state index contributed by atoms with van der Waals surface area (Å²) in [7, 11) is 1.30.